The van der Waals surface area contributed by atoms with Gasteiger partial charge in [-0.3, -0.25) is 0 Å². The van der Waals surface area contributed by atoms with Crippen molar-refractivity contribution in [3.8, 4) is 0 Å². The molecule has 0 aromatic rings. The van der Waals surface area contributed by atoms with E-state index in [1.54, 1.807) is 6.92 Å². The molecule has 1 unspecified atom stereocenters. The van der Waals surface area contributed by atoms with Gasteiger partial charge in [-0.1, -0.05) is 27.7 Å². The van der Waals surface area contributed by atoms with E-state index in [1.807, 2.05) is 0 Å². The second kappa shape index (κ2) is 6.38. The highest BCUT2D eigenvalue weighted by Gasteiger charge is 2.40. The van der Waals surface area contributed by atoms with Crippen LogP contribution in [0.15, 0.2) is 0 Å². The first kappa shape index (κ1) is 16.0. The molecule has 0 spiro atoms. The van der Waals surface area contributed by atoms with Crippen molar-refractivity contribution in [2.45, 2.75) is 59.4 Å². The second-order valence-corrected chi connectivity index (χ2v) is 8.78. The third-order valence-corrected chi connectivity index (χ3v) is 5.91. The van der Waals surface area contributed by atoms with Crippen molar-refractivity contribution in [1.29, 1.82) is 0 Å². The molecule has 0 amide bonds. The van der Waals surface area contributed by atoms with Gasteiger partial charge in [0.2, 0.25) is 0 Å². The van der Waals surface area contributed by atoms with Gasteiger partial charge < -0.3 is 5.32 Å². The van der Waals surface area contributed by atoms with Gasteiger partial charge in [0.15, 0.2) is 0 Å². The highest BCUT2D eigenvalue weighted by Crippen LogP contribution is 2.47. The molecule has 1 saturated carbocycles. The van der Waals surface area contributed by atoms with Crippen LogP contribution in [0, 0.1) is 11.3 Å². The van der Waals surface area contributed by atoms with E-state index in [2.05, 4.69) is 26.1 Å². The molecule has 1 aliphatic carbocycles. The predicted octanol–water partition coefficient (Wildman–Crippen LogP) is 2.62. The summed E-state index contributed by atoms with van der Waals surface area (Å²) in [4.78, 5) is 0. The van der Waals surface area contributed by atoms with E-state index in [1.165, 1.54) is 12.8 Å². The average Bonchev–Trinajstić information content (AvgIpc) is 3.10. The Balaban J connectivity index is 2.43. The topological polar surface area (TPSA) is 46.2 Å². The van der Waals surface area contributed by atoms with Crippen LogP contribution in [-0.2, 0) is 9.84 Å². The van der Waals surface area contributed by atoms with Crippen LogP contribution in [0.1, 0.15) is 53.4 Å². The maximum atomic E-state index is 11.5. The van der Waals surface area contributed by atoms with Crippen molar-refractivity contribution in [2.24, 2.45) is 11.3 Å². The Hall–Kier alpha value is -0.0900. The molecule has 1 fully saturated rings. The summed E-state index contributed by atoms with van der Waals surface area (Å²) >= 11 is 0. The van der Waals surface area contributed by atoms with Crippen LogP contribution in [0.2, 0.25) is 0 Å². The summed E-state index contributed by atoms with van der Waals surface area (Å²) in [7, 11) is -2.80. The summed E-state index contributed by atoms with van der Waals surface area (Å²) in [6.07, 6.45) is 4.47. The maximum absolute atomic E-state index is 11.5. The minimum Gasteiger partial charge on any atom is -0.314 e. The molecular formula is C14H29NO2S. The fraction of sp³-hybridized carbons (Fsp3) is 1.00. The molecule has 1 aliphatic rings. The number of hydrogen-bond donors (Lipinski definition) is 1. The van der Waals surface area contributed by atoms with Gasteiger partial charge in [0, 0.05) is 18.3 Å². The maximum Gasteiger partial charge on any atom is 0.150 e. The molecule has 1 N–H and O–H groups in total. The molecule has 0 bridgehead atoms. The van der Waals surface area contributed by atoms with Crippen LogP contribution in [0.4, 0.5) is 0 Å². The lowest BCUT2D eigenvalue weighted by molar-refractivity contribution is 0.228. The van der Waals surface area contributed by atoms with Crippen LogP contribution >= 0.6 is 0 Å². The van der Waals surface area contributed by atoms with E-state index >= 15 is 0 Å². The molecule has 3 nitrogen and oxygen atoms in total. The fourth-order valence-electron chi connectivity index (χ4n) is 2.49. The lowest BCUT2D eigenvalue weighted by atomic mass is 9.80. The lowest BCUT2D eigenvalue weighted by Gasteiger charge is -2.31. The minimum absolute atomic E-state index is 0.275. The van der Waals surface area contributed by atoms with E-state index in [-0.39, 0.29) is 11.2 Å². The average molecular weight is 275 g/mol. The van der Waals surface area contributed by atoms with E-state index in [0.29, 0.717) is 11.8 Å². The minimum atomic E-state index is -2.80. The summed E-state index contributed by atoms with van der Waals surface area (Å²) in [5.74, 6) is 1.43. The van der Waals surface area contributed by atoms with Crippen molar-refractivity contribution in [3.63, 3.8) is 0 Å². The van der Waals surface area contributed by atoms with Gasteiger partial charge >= 0.3 is 0 Å². The zero-order chi connectivity index (χ0) is 13.8. The molecule has 0 radical (unpaired) electrons. The number of sulfone groups is 1. The Morgan fingerprint density at radius 1 is 1.33 bits per heavy atom. The number of rotatable bonds is 9. The smallest absolute Gasteiger partial charge is 0.150 e. The third-order valence-electron chi connectivity index (χ3n) is 4.12. The van der Waals surface area contributed by atoms with E-state index < -0.39 is 9.84 Å². The Bertz CT molecular complexity index is 347. The molecule has 0 aromatic carbocycles. The van der Waals surface area contributed by atoms with Gasteiger partial charge in [-0.05, 0) is 37.0 Å². The summed E-state index contributed by atoms with van der Waals surface area (Å²) in [6, 6.07) is 0.502. The van der Waals surface area contributed by atoms with E-state index in [9.17, 15) is 8.42 Å². The first-order valence-corrected chi connectivity index (χ1v) is 9.05. The highest BCUT2D eigenvalue weighted by molar-refractivity contribution is 7.91. The predicted molar refractivity (Wildman–Crippen MR) is 77.5 cm³/mol. The molecule has 1 rings (SSSR count). The highest BCUT2D eigenvalue weighted by atomic mass is 32.2. The van der Waals surface area contributed by atoms with Gasteiger partial charge in [-0.2, -0.15) is 0 Å². The van der Waals surface area contributed by atoms with Crippen molar-refractivity contribution in [3.05, 3.63) is 0 Å². The Labute approximate surface area is 113 Å². The van der Waals surface area contributed by atoms with Crippen molar-refractivity contribution in [2.75, 3.05) is 18.1 Å². The number of hydrogen-bond acceptors (Lipinski definition) is 3. The SMILES string of the molecule is CCS(=O)(=O)CCCC(C)(CNC(C)C)C1CC1. The molecule has 1 atom stereocenters. The van der Waals surface area contributed by atoms with Gasteiger partial charge in [0.1, 0.15) is 9.84 Å². The van der Waals surface area contributed by atoms with Crippen LogP contribution in [0.5, 0.6) is 0 Å². The Kier molecular flexibility index (Phi) is 5.66. The largest absolute Gasteiger partial charge is 0.314 e. The molecule has 4 heteroatoms. The molecular weight excluding hydrogens is 246 g/mol. The summed E-state index contributed by atoms with van der Waals surface area (Å²) in [5, 5.41) is 3.52. The van der Waals surface area contributed by atoms with Crippen LogP contribution in [-0.4, -0.2) is 32.5 Å². The first-order chi connectivity index (χ1) is 8.29. The monoisotopic (exact) mass is 275 g/mol. The zero-order valence-electron chi connectivity index (χ0n) is 12.3. The van der Waals surface area contributed by atoms with Crippen molar-refractivity contribution in [1.82, 2.24) is 5.32 Å². The van der Waals surface area contributed by atoms with Crippen LogP contribution in [0.25, 0.3) is 0 Å². The Morgan fingerprint density at radius 3 is 2.39 bits per heavy atom. The quantitative estimate of drug-likeness (QED) is 0.703. The van der Waals surface area contributed by atoms with Gasteiger partial charge in [0.05, 0.1) is 5.75 Å². The second-order valence-electron chi connectivity index (χ2n) is 6.30. The summed E-state index contributed by atoms with van der Waals surface area (Å²) in [6.45, 7) is 9.39. The molecule has 0 saturated heterocycles. The van der Waals surface area contributed by atoms with Crippen molar-refractivity contribution >= 4 is 9.84 Å². The summed E-state index contributed by atoms with van der Waals surface area (Å²) < 4.78 is 23.0. The molecule has 0 aromatic heterocycles. The molecule has 0 heterocycles. The van der Waals surface area contributed by atoms with Gasteiger partial charge in [-0.15, -0.1) is 0 Å². The normalized spacial score (nSPS) is 20.1. The van der Waals surface area contributed by atoms with E-state index in [0.717, 1.165) is 25.3 Å². The summed E-state index contributed by atoms with van der Waals surface area (Å²) in [5.41, 5.74) is 0.285. The molecule has 18 heavy (non-hydrogen) atoms. The third kappa shape index (κ3) is 5.27. The molecule has 108 valence electrons. The molecule has 0 aliphatic heterocycles. The van der Waals surface area contributed by atoms with Crippen molar-refractivity contribution < 1.29 is 8.42 Å². The van der Waals surface area contributed by atoms with E-state index in [4.69, 9.17) is 0 Å². The van der Waals surface area contributed by atoms with Gasteiger partial charge in [0.25, 0.3) is 0 Å². The fourth-order valence-corrected chi connectivity index (χ4v) is 3.37. The van der Waals surface area contributed by atoms with Gasteiger partial charge in [-0.25, -0.2) is 8.42 Å². The first-order valence-electron chi connectivity index (χ1n) is 7.23. The zero-order valence-corrected chi connectivity index (χ0v) is 13.1. The number of nitrogens with one attached hydrogen (secondary N) is 1. The van der Waals surface area contributed by atoms with Crippen LogP contribution in [0.3, 0.4) is 0 Å². The Morgan fingerprint density at radius 2 is 1.94 bits per heavy atom. The van der Waals surface area contributed by atoms with Crippen LogP contribution < -0.4 is 5.32 Å². The standard InChI is InChI=1S/C14H29NO2S/c1-5-18(16,17)10-6-9-14(4,13-7-8-13)11-15-12(2)3/h12-13,15H,5-11H2,1-4H3. The lowest BCUT2D eigenvalue weighted by Crippen LogP contribution is -2.37.